The molecule has 7 heteroatoms. The van der Waals surface area contributed by atoms with Gasteiger partial charge in [-0.1, -0.05) is 57.5 Å². The third kappa shape index (κ3) is 4.82. The zero-order valence-corrected chi connectivity index (χ0v) is 18.1. The number of halogens is 1. The van der Waals surface area contributed by atoms with Crippen LogP contribution in [0.1, 0.15) is 11.1 Å². The zero-order valence-electron chi connectivity index (χ0n) is 15.7. The van der Waals surface area contributed by atoms with Crippen molar-refractivity contribution in [2.24, 2.45) is 0 Å². The minimum Gasteiger partial charge on any atom is -0.383 e. The number of fused-ring (bicyclic) bond motifs is 1. The van der Waals surface area contributed by atoms with Gasteiger partial charge in [0.25, 0.3) is 5.56 Å². The van der Waals surface area contributed by atoms with Gasteiger partial charge in [0.05, 0.1) is 30.1 Å². The number of benzene rings is 2. The Morgan fingerprint density at radius 3 is 2.71 bits per heavy atom. The Balaban J connectivity index is 1.97. The first kappa shape index (κ1) is 20.6. The lowest BCUT2D eigenvalue weighted by atomic mass is 10.1. The van der Waals surface area contributed by atoms with Gasteiger partial charge >= 0.3 is 0 Å². The van der Waals surface area contributed by atoms with Crippen LogP contribution in [0, 0.1) is 18.3 Å². The minimum absolute atomic E-state index is 0.127. The van der Waals surface area contributed by atoms with E-state index in [4.69, 9.17) is 4.74 Å². The second kappa shape index (κ2) is 9.37. The molecule has 1 atom stereocenters. The fourth-order valence-corrected chi connectivity index (χ4v) is 4.22. The van der Waals surface area contributed by atoms with Crippen molar-refractivity contribution >= 4 is 38.6 Å². The average Bonchev–Trinajstić information content (AvgIpc) is 2.69. The average molecular weight is 458 g/mol. The van der Waals surface area contributed by atoms with Crippen molar-refractivity contribution in [2.75, 3.05) is 13.7 Å². The molecule has 2 aromatic carbocycles. The summed E-state index contributed by atoms with van der Waals surface area (Å²) in [6.45, 7) is 2.81. The number of nitriles is 1. The van der Waals surface area contributed by atoms with Gasteiger partial charge in [-0.3, -0.25) is 9.36 Å². The van der Waals surface area contributed by atoms with Crippen LogP contribution in [0.2, 0.25) is 0 Å². The van der Waals surface area contributed by atoms with Crippen LogP contribution >= 0.6 is 27.7 Å². The van der Waals surface area contributed by atoms with Crippen LogP contribution in [0.5, 0.6) is 0 Å². The minimum atomic E-state index is -0.351. The summed E-state index contributed by atoms with van der Waals surface area (Å²) in [5.74, 6) is 0. The van der Waals surface area contributed by atoms with Gasteiger partial charge in [-0.15, -0.1) is 0 Å². The van der Waals surface area contributed by atoms with Gasteiger partial charge in [-0.2, -0.15) is 5.26 Å². The Labute approximate surface area is 176 Å². The van der Waals surface area contributed by atoms with E-state index in [1.54, 1.807) is 17.7 Å². The molecule has 1 aromatic heterocycles. The molecule has 0 fully saturated rings. The number of aryl methyl sites for hydroxylation is 1. The van der Waals surface area contributed by atoms with Crippen molar-refractivity contribution in [3.05, 3.63) is 68.4 Å². The maximum Gasteiger partial charge on any atom is 0.262 e. The zero-order chi connectivity index (χ0) is 20.1. The van der Waals surface area contributed by atoms with E-state index in [0.717, 1.165) is 10.0 Å². The molecule has 3 aromatic rings. The van der Waals surface area contributed by atoms with Gasteiger partial charge in [0.15, 0.2) is 5.16 Å². The highest BCUT2D eigenvalue weighted by molar-refractivity contribution is 9.10. The summed E-state index contributed by atoms with van der Waals surface area (Å²) in [5.41, 5.74) is 2.76. The summed E-state index contributed by atoms with van der Waals surface area (Å²) >= 11 is 4.73. The number of nitrogens with zero attached hydrogens (tertiary/aromatic N) is 3. The van der Waals surface area contributed by atoms with Crippen LogP contribution in [0.15, 0.2) is 56.9 Å². The second-order valence-electron chi connectivity index (χ2n) is 6.43. The maximum atomic E-state index is 13.0. The fraction of sp³-hybridized carbons (Fsp3) is 0.286. The first-order chi connectivity index (χ1) is 13.5. The van der Waals surface area contributed by atoms with E-state index in [0.29, 0.717) is 35.6 Å². The lowest BCUT2D eigenvalue weighted by Gasteiger charge is -2.15. The number of ether oxygens (including phenoxy) is 1. The van der Waals surface area contributed by atoms with Crippen molar-refractivity contribution in [1.82, 2.24) is 9.55 Å². The number of hydrogen-bond donors (Lipinski definition) is 0. The molecule has 0 saturated heterocycles. The molecule has 0 aliphatic carbocycles. The Kier molecular flexibility index (Phi) is 6.89. The molecule has 0 radical (unpaired) electrons. The summed E-state index contributed by atoms with van der Waals surface area (Å²) in [6, 6.07) is 15.9. The smallest absolute Gasteiger partial charge is 0.262 e. The number of hydrogen-bond acceptors (Lipinski definition) is 5. The Morgan fingerprint density at radius 2 is 2.04 bits per heavy atom. The van der Waals surface area contributed by atoms with Crippen LogP contribution in [-0.4, -0.2) is 28.5 Å². The molecular formula is C21H20BrN3O2S. The predicted molar refractivity (Wildman–Crippen MR) is 116 cm³/mol. The molecule has 0 aliphatic rings. The van der Waals surface area contributed by atoms with E-state index >= 15 is 0 Å². The third-order valence-electron chi connectivity index (χ3n) is 4.33. The van der Waals surface area contributed by atoms with Crippen LogP contribution in [0.3, 0.4) is 0 Å². The molecule has 0 bridgehead atoms. The Hall–Kier alpha value is -2.14. The highest BCUT2D eigenvalue weighted by atomic mass is 79.9. The van der Waals surface area contributed by atoms with E-state index in [9.17, 15) is 10.1 Å². The molecule has 0 spiro atoms. The fourth-order valence-electron chi connectivity index (χ4n) is 2.82. The molecular weight excluding hydrogens is 438 g/mol. The highest BCUT2D eigenvalue weighted by Crippen LogP contribution is 2.26. The molecule has 1 heterocycles. The van der Waals surface area contributed by atoms with Crippen molar-refractivity contribution in [1.29, 1.82) is 5.26 Å². The quantitative estimate of drug-likeness (QED) is 0.389. The molecule has 0 saturated carbocycles. The van der Waals surface area contributed by atoms with Crippen LogP contribution in [0.4, 0.5) is 0 Å². The third-order valence-corrected chi connectivity index (χ3v) is 5.91. The SMILES string of the molecule is COCCn1c(SC(C#N)Cc2ccc(C)cc2)nc2ccc(Br)cc2c1=O. The molecule has 5 nitrogen and oxygen atoms in total. The Morgan fingerprint density at radius 1 is 1.29 bits per heavy atom. The van der Waals surface area contributed by atoms with Gasteiger partial charge in [0, 0.05) is 11.6 Å². The van der Waals surface area contributed by atoms with Crippen LogP contribution in [0.25, 0.3) is 10.9 Å². The largest absolute Gasteiger partial charge is 0.383 e. The second-order valence-corrected chi connectivity index (χ2v) is 8.52. The summed E-state index contributed by atoms with van der Waals surface area (Å²) in [5, 5.41) is 10.4. The van der Waals surface area contributed by atoms with Gasteiger partial charge in [0.2, 0.25) is 0 Å². The van der Waals surface area contributed by atoms with Gasteiger partial charge in [-0.25, -0.2) is 4.98 Å². The normalized spacial score (nSPS) is 12.1. The summed E-state index contributed by atoms with van der Waals surface area (Å²) < 4.78 is 7.58. The first-order valence-electron chi connectivity index (χ1n) is 8.82. The van der Waals surface area contributed by atoms with E-state index < -0.39 is 0 Å². The van der Waals surface area contributed by atoms with Crippen molar-refractivity contribution < 1.29 is 4.74 Å². The molecule has 0 N–H and O–H groups in total. The number of rotatable bonds is 7. The van der Waals surface area contributed by atoms with Gasteiger partial charge in [0.1, 0.15) is 5.25 Å². The van der Waals surface area contributed by atoms with Crippen molar-refractivity contribution in [2.45, 2.75) is 30.3 Å². The molecule has 144 valence electrons. The molecule has 28 heavy (non-hydrogen) atoms. The molecule has 1 unspecified atom stereocenters. The highest BCUT2D eigenvalue weighted by Gasteiger charge is 2.18. The van der Waals surface area contributed by atoms with Gasteiger partial charge in [-0.05, 0) is 37.1 Å². The first-order valence-corrected chi connectivity index (χ1v) is 10.5. The number of aromatic nitrogens is 2. The van der Waals surface area contributed by atoms with E-state index in [2.05, 4.69) is 27.0 Å². The lowest BCUT2D eigenvalue weighted by molar-refractivity contribution is 0.183. The lowest BCUT2D eigenvalue weighted by Crippen LogP contribution is -2.26. The van der Waals surface area contributed by atoms with Crippen molar-refractivity contribution in [3.63, 3.8) is 0 Å². The Bertz CT molecular complexity index is 1070. The summed E-state index contributed by atoms with van der Waals surface area (Å²) in [7, 11) is 1.60. The van der Waals surface area contributed by atoms with Crippen molar-refractivity contribution in [3.8, 4) is 6.07 Å². The predicted octanol–water partition coefficient (Wildman–Crippen LogP) is 4.34. The number of thioether (sulfide) groups is 1. The molecule has 0 aliphatic heterocycles. The molecule has 0 amide bonds. The number of methoxy groups -OCH3 is 1. The van der Waals surface area contributed by atoms with E-state index in [1.165, 1.54) is 17.3 Å². The monoisotopic (exact) mass is 457 g/mol. The summed E-state index contributed by atoms with van der Waals surface area (Å²) in [4.78, 5) is 17.7. The van der Waals surface area contributed by atoms with E-state index in [-0.39, 0.29) is 10.8 Å². The maximum absolute atomic E-state index is 13.0. The van der Waals surface area contributed by atoms with Crippen LogP contribution in [-0.2, 0) is 17.7 Å². The summed E-state index contributed by atoms with van der Waals surface area (Å²) in [6.07, 6.45) is 0.583. The van der Waals surface area contributed by atoms with Crippen LogP contribution < -0.4 is 5.56 Å². The van der Waals surface area contributed by atoms with E-state index in [1.807, 2.05) is 43.3 Å². The van der Waals surface area contributed by atoms with Gasteiger partial charge < -0.3 is 4.74 Å². The topological polar surface area (TPSA) is 67.9 Å². The molecule has 3 rings (SSSR count). The standard InChI is InChI=1S/C21H20BrN3O2S/c1-14-3-5-15(6-4-14)11-17(13-23)28-21-24-19-8-7-16(22)12-18(19)20(26)25(21)9-10-27-2/h3-8,12,17H,9-11H2,1-2H3.